The number of halogens is 1. The van der Waals surface area contributed by atoms with Crippen LogP contribution in [0.1, 0.15) is 43.2 Å². The highest BCUT2D eigenvalue weighted by molar-refractivity contribution is 7.10. The lowest BCUT2D eigenvalue weighted by Crippen LogP contribution is -2.21. The van der Waals surface area contributed by atoms with Gasteiger partial charge in [-0.2, -0.15) is 0 Å². The van der Waals surface area contributed by atoms with E-state index in [0.717, 1.165) is 30.0 Å². The molecule has 0 spiro atoms. The first-order valence-electron chi connectivity index (χ1n) is 5.57. The maximum atomic E-state index is 6.28. The predicted molar refractivity (Wildman–Crippen MR) is 73.2 cm³/mol. The summed E-state index contributed by atoms with van der Waals surface area (Å²) in [5.41, 5.74) is 1.16. The van der Waals surface area contributed by atoms with Crippen LogP contribution in [0.4, 0.5) is 0 Å². The van der Waals surface area contributed by atoms with Gasteiger partial charge in [0, 0.05) is 11.3 Å². The van der Waals surface area contributed by atoms with Gasteiger partial charge >= 0.3 is 0 Å². The molecule has 0 aliphatic carbocycles. The molecule has 88 valence electrons. The minimum atomic E-state index is 0.276. The lowest BCUT2D eigenvalue weighted by molar-refractivity contribution is 0.550. The average molecular weight is 256 g/mol. The zero-order valence-electron chi connectivity index (χ0n) is 10.1. The van der Waals surface area contributed by atoms with E-state index < -0.39 is 0 Å². The van der Waals surface area contributed by atoms with E-state index in [9.17, 15) is 0 Å². The Morgan fingerprint density at radius 2 is 2.31 bits per heavy atom. The number of aryl methyl sites for hydroxylation is 1. The van der Waals surface area contributed by atoms with E-state index in [0.29, 0.717) is 0 Å². The highest BCUT2D eigenvalue weighted by Crippen LogP contribution is 2.33. The lowest BCUT2D eigenvalue weighted by Gasteiger charge is -2.15. The van der Waals surface area contributed by atoms with Crippen LogP contribution in [0.5, 0.6) is 0 Å². The Morgan fingerprint density at radius 1 is 1.56 bits per heavy atom. The molecule has 0 aliphatic heterocycles. The van der Waals surface area contributed by atoms with Crippen molar-refractivity contribution < 1.29 is 0 Å². The van der Waals surface area contributed by atoms with Crippen molar-refractivity contribution in [2.24, 2.45) is 0 Å². The van der Waals surface area contributed by atoms with Crippen LogP contribution in [0, 0.1) is 18.8 Å². The van der Waals surface area contributed by atoms with Crippen LogP contribution in [0.15, 0.2) is 5.38 Å². The first-order chi connectivity index (χ1) is 7.70. The zero-order valence-corrected chi connectivity index (χ0v) is 11.6. The van der Waals surface area contributed by atoms with E-state index in [-0.39, 0.29) is 6.04 Å². The van der Waals surface area contributed by atoms with Gasteiger partial charge < -0.3 is 5.32 Å². The molecular weight excluding hydrogens is 238 g/mol. The second-order valence-corrected chi connectivity index (χ2v) is 5.02. The monoisotopic (exact) mass is 255 g/mol. The van der Waals surface area contributed by atoms with E-state index in [1.165, 1.54) is 4.88 Å². The average Bonchev–Trinajstić information content (AvgIpc) is 2.61. The third kappa shape index (κ3) is 3.52. The molecule has 3 heteroatoms. The Hall–Kier alpha value is -0.490. The number of hydrogen-bond donors (Lipinski definition) is 1. The number of nitrogens with one attached hydrogen (secondary N) is 1. The summed E-state index contributed by atoms with van der Waals surface area (Å²) in [6.07, 6.45) is 1.95. The molecule has 0 bridgehead atoms. The van der Waals surface area contributed by atoms with Gasteiger partial charge in [-0.25, -0.2) is 0 Å². The van der Waals surface area contributed by atoms with Gasteiger partial charge in [0.15, 0.2) is 0 Å². The molecule has 1 heterocycles. The molecule has 1 aromatic rings. The van der Waals surface area contributed by atoms with Crippen molar-refractivity contribution in [2.75, 3.05) is 6.54 Å². The van der Waals surface area contributed by atoms with E-state index in [1.54, 1.807) is 11.3 Å². The minimum Gasteiger partial charge on any atom is -0.308 e. The number of thiophene rings is 1. The Kier molecular flexibility index (Phi) is 5.90. The van der Waals surface area contributed by atoms with Gasteiger partial charge in [-0.15, -0.1) is 23.2 Å². The maximum absolute atomic E-state index is 6.28. The number of rotatable bonds is 5. The van der Waals surface area contributed by atoms with Crippen molar-refractivity contribution in [3.63, 3.8) is 0 Å². The molecule has 0 radical (unpaired) electrons. The smallest absolute Gasteiger partial charge is 0.0590 e. The van der Waals surface area contributed by atoms with Gasteiger partial charge in [0.2, 0.25) is 0 Å². The van der Waals surface area contributed by atoms with Crippen LogP contribution in [-0.4, -0.2) is 6.54 Å². The molecular formula is C13H18ClNS. The standard InChI is InChI=1S/C13H18ClNS/c1-4-6-7-11(15-8-5-2)13-12(14)10(3)9-16-13/h9,11,15H,5,7-8H2,1-3H3. The molecule has 0 amide bonds. The summed E-state index contributed by atoms with van der Waals surface area (Å²) < 4.78 is 0. The fourth-order valence-electron chi connectivity index (χ4n) is 1.47. The zero-order chi connectivity index (χ0) is 12.0. The van der Waals surface area contributed by atoms with Gasteiger partial charge in [0.05, 0.1) is 11.1 Å². The van der Waals surface area contributed by atoms with Crippen LogP contribution >= 0.6 is 22.9 Å². The lowest BCUT2D eigenvalue weighted by atomic mass is 10.1. The molecule has 0 saturated heterocycles. The molecule has 1 aromatic heterocycles. The van der Waals surface area contributed by atoms with Crippen molar-refractivity contribution >= 4 is 22.9 Å². The fourth-order valence-corrected chi connectivity index (χ4v) is 2.87. The molecule has 0 aromatic carbocycles. The largest absolute Gasteiger partial charge is 0.308 e. The van der Waals surface area contributed by atoms with Crippen molar-refractivity contribution in [3.8, 4) is 11.8 Å². The molecule has 0 saturated carbocycles. The summed E-state index contributed by atoms with van der Waals surface area (Å²) in [4.78, 5) is 1.22. The van der Waals surface area contributed by atoms with Crippen molar-refractivity contribution in [2.45, 2.75) is 39.7 Å². The van der Waals surface area contributed by atoms with Crippen LogP contribution in [0.3, 0.4) is 0 Å². The summed E-state index contributed by atoms with van der Waals surface area (Å²) in [5, 5.41) is 6.51. The molecule has 1 atom stereocenters. The van der Waals surface area contributed by atoms with Gasteiger partial charge in [0.25, 0.3) is 0 Å². The fraction of sp³-hybridized carbons (Fsp3) is 0.538. The second kappa shape index (κ2) is 6.96. The molecule has 0 aliphatic rings. The van der Waals surface area contributed by atoms with Crippen molar-refractivity contribution in [3.05, 3.63) is 20.8 Å². The Morgan fingerprint density at radius 3 is 2.81 bits per heavy atom. The summed E-state index contributed by atoms with van der Waals surface area (Å²) in [5.74, 6) is 6.07. The Bertz CT molecular complexity index is 386. The molecule has 1 N–H and O–H groups in total. The third-order valence-electron chi connectivity index (χ3n) is 2.37. The minimum absolute atomic E-state index is 0.276. The molecule has 1 rings (SSSR count). The SMILES string of the molecule is CC#CCC(NCCC)c1scc(C)c1Cl. The van der Waals surface area contributed by atoms with Gasteiger partial charge in [-0.1, -0.05) is 18.5 Å². The number of hydrogen-bond acceptors (Lipinski definition) is 2. The molecule has 1 nitrogen and oxygen atoms in total. The summed E-state index contributed by atoms with van der Waals surface area (Å²) >= 11 is 8.01. The Labute approximate surface area is 107 Å². The topological polar surface area (TPSA) is 12.0 Å². The summed E-state index contributed by atoms with van der Waals surface area (Å²) in [6, 6.07) is 0.276. The van der Waals surface area contributed by atoms with E-state index in [1.807, 2.05) is 13.8 Å². The van der Waals surface area contributed by atoms with Gasteiger partial charge in [-0.05, 0) is 37.8 Å². The van der Waals surface area contributed by atoms with Crippen LogP contribution in [0.2, 0.25) is 5.02 Å². The van der Waals surface area contributed by atoms with Crippen LogP contribution in [0.25, 0.3) is 0 Å². The Balaban J connectivity index is 2.81. The first kappa shape index (κ1) is 13.6. The normalized spacial score (nSPS) is 12.0. The quantitative estimate of drug-likeness (QED) is 0.779. The highest BCUT2D eigenvalue weighted by Gasteiger charge is 2.16. The van der Waals surface area contributed by atoms with Crippen LogP contribution in [-0.2, 0) is 0 Å². The summed E-state index contributed by atoms with van der Waals surface area (Å²) in [6.45, 7) is 7.09. The highest BCUT2D eigenvalue weighted by atomic mass is 35.5. The van der Waals surface area contributed by atoms with E-state index in [2.05, 4.69) is 29.5 Å². The maximum Gasteiger partial charge on any atom is 0.0590 e. The van der Waals surface area contributed by atoms with E-state index >= 15 is 0 Å². The third-order valence-corrected chi connectivity index (χ3v) is 4.19. The van der Waals surface area contributed by atoms with Crippen molar-refractivity contribution in [1.29, 1.82) is 0 Å². The van der Waals surface area contributed by atoms with Gasteiger partial charge in [-0.3, -0.25) is 0 Å². The second-order valence-electron chi connectivity index (χ2n) is 3.73. The first-order valence-corrected chi connectivity index (χ1v) is 6.82. The van der Waals surface area contributed by atoms with Crippen LogP contribution < -0.4 is 5.32 Å². The predicted octanol–water partition coefficient (Wildman–Crippen LogP) is 4.16. The molecule has 16 heavy (non-hydrogen) atoms. The van der Waals surface area contributed by atoms with E-state index in [4.69, 9.17) is 11.6 Å². The molecule has 1 unspecified atom stereocenters. The molecule has 0 fully saturated rings. The summed E-state index contributed by atoms with van der Waals surface area (Å²) in [7, 11) is 0. The van der Waals surface area contributed by atoms with Crippen molar-refractivity contribution in [1.82, 2.24) is 5.32 Å². The van der Waals surface area contributed by atoms with Gasteiger partial charge in [0.1, 0.15) is 0 Å².